The zero-order chi connectivity index (χ0) is 34.4. The summed E-state index contributed by atoms with van der Waals surface area (Å²) in [6.45, 7) is 1.34. The van der Waals surface area contributed by atoms with Crippen LogP contribution in [0, 0.1) is 0 Å². The average molecular weight is 686 g/mol. The van der Waals surface area contributed by atoms with E-state index in [9.17, 15) is 24.0 Å². The predicted molar refractivity (Wildman–Crippen MR) is 186 cm³/mol. The SMILES string of the molecule is [N-]=[N+]=NCCCCCCNC(=O)CNC(=O)[C@@H](Cc1ccccc1)NC(=O)CCCCCNC(=O)CCCC[C@@H]1SC[C@@H]2NC(=O)N[C@@H]21. The molecule has 0 aromatic heterocycles. The molecule has 0 bridgehead atoms. The Morgan fingerprint density at radius 2 is 1.54 bits per heavy atom. The van der Waals surface area contributed by atoms with Crippen molar-refractivity contribution in [2.24, 2.45) is 5.11 Å². The number of unbranched alkanes of at least 4 members (excludes halogenated alkanes) is 6. The lowest BCUT2D eigenvalue weighted by Gasteiger charge is -2.19. The highest BCUT2D eigenvalue weighted by Crippen LogP contribution is 2.33. The maximum absolute atomic E-state index is 13.0. The number of carbonyl (C=O) groups excluding carboxylic acids is 5. The van der Waals surface area contributed by atoms with Gasteiger partial charge in [-0.1, -0.05) is 61.1 Å². The van der Waals surface area contributed by atoms with E-state index in [0.717, 1.165) is 69.1 Å². The summed E-state index contributed by atoms with van der Waals surface area (Å²) in [6, 6.07) is 8.91. The smallest absolute Gasteiger partial charge is 0.315 e. The van der Waals surface area contributed by atoms with Gasteiger partial charge < -0.3 is 31.9 Å². The zero-order valence-electron chi connectivity index (χ0n) is 27.7. The number of benzene rings is 1. The fourth-order valence-corrected chi connectivity index (χ4v) is 7.33. The fourth-order valence-electron chi connectivity index (χ4n) is 5.79. The number of hydrogen-bond acceptors (Lipinski definition) is 7. The zero-order valence-corrected chi connectivity index (χ0v) is 28.5. The van der Waals surface area contributed by atoms with Crippen LogP contribution in [0.25, 0.3) is 10.4 Å². The highest BCUT2D eigenvalue weighted by atomic mass is 32.2. The fraction of sp³-hybridized carbons (Fsp3) is 0.667. The van der Waals surface area contributed by atoms with E-state index >= 15 is 0 Å². The largest absolute Gasteiger partial charge is 0.356 e. The van der Waals surface area contributed by atoms with Crippen LogP contribution in [0.15, 0.2) is 35.4 Å². The standard InChI is InChI=1S/C33H51N9O5S/c34-42-38-20-12-2-1-10-19-36-30(45)22-37-32(46)25(21-24-13-5-3-6-14-24)39-29(44)17-7-4-11-18-35-28(43)16-9-8-15-27-31-26(23-48-27)40-33(47)41-31/h3,5-6,13-14,25-27,31H,1-2,4,7-12,15-23H2,(H,35,43)(H,36,45)(H,37,46)(H,39,44)(H2,40,41,47)/t25-,26+,27+,31+/m1/s1. The quantitative estimate of drug-likeness (QED) is 0.0317. The number of carbonyl (C=O) groups is 5. The first kappa shape index (κ1) is 38.5. The molecule has 0 saturated carbocycles. The Kier molecular flexibility index (Phi) is 18.1. The van der Waals surface area contributed by atoms with E-state index in [-0.39, 0.29) is 48.8 Å². The lowest BCUT2D eigenvalue weighted by Crippen LogP contribution is -2.50. The van der Waals surface area contributed by atoms with Gasteiger partial charge in [-0.2, -0.15) is 11.8 Å². The number of azide groups is 1. The number of nitrogens with one attached hydrogen (secondary N) is 6. The Morgan fingerprint density at radius 1 is 0.854 bits per heavy atom. The number of urea groups is 1. The van der Waals surface area contributed by atoms with Gasteiger partial charge in [0.25, 0.3) is 0 Å². The van der Waals surface area contributed by atoms with Crippen molar-refractivity contribution in [2.45, 2.75) is 107 Å². The van der Waals surface area contributed by atoms with Crippen LogP contribution in [0.5, 0.6) is 0 Å². The maximum Gasteiger partial charge on any atom is 0.315 e. The van der Waals surface area contributed by atoms with E-state index in [0.29, 0.717) is 44.1 Å². The summed E-state index contributed by atoms with van der Waals surface area (Å²) in [5.74, 6) is 0.0129. The molecule has 2 aliphatic rings. The first-order valence-corrected chi connectivity index (χ1v) is 18.2. The number of fused-ring (bicyclic) bond motifs is 1. The van der Waals surface area contributed by atoms with Crippen molar-refractivity contribution in [1.29, 1.82) is 0 Å². The minimum Gasteiger partial charge on any atom is -0.356 e. The van der Waals surface area contributed by atoms with E-state index < -0.39 is 11.9 Å². The number of amides is 6. The molecule has 0 unspecified atom stereocenters. The van der Waals surface area contributed by atoms with Crippen molar-refractivity contribution in [3.63, 3.8) is 0 Å². The van der Waals surface area contributed by atoms with Gasteiger partial charge in [0.15, 0.2) is 0 Å². The van der Waals surface area contributed by atoms with Gasteiger partial charge in [0.1, 0.15) is 6.04 Å². The minimum atomic E-state index is -0.815. The molecule has 2 saturated heterocycles. The van der Waals surface area contributed by atoms with Gasteiger partial charge >= 0.3 is 6.03 Å². The first-order valence-electron chi connectivity index (χ1n) is 17.2. The number of thioether (sulfide) groups is 1. The van der Waals surface area contributed by atoms with E-state index in [1.807, 2.05) is 42.1 Å². The molecule has 14 nitrogen and oxygen atoms in total. The molecule has 15 heteroatoms. The Morgan fingerprint density at radius 3 is 2.31 bits per heavy atom. The van der Waals surface area contributed by atoms with Crippen LogP contribution in [-0.2, 0) is 25.6 Å². The Bertz CT molecular complexity index is 1230. The van der Waals surface area contributed by atoms with Crippen molar-refractivity contribution < 1.29 is 24.0 Å². The van der Waals surface area contributed by atoms with E-state index in [4.69, 9.17) is 5.53 Å². The molecule has 6 N–H and O–H groups in total. The second-order valence-corrected chi connectivity index (χ2v) is 13.5. The third-order valence-electron chi connectivity index (χ3n) is 8.41. The molecule has 2 fully saturated rings. The summed E-state index contributed by atoms with van der Waals surface area (Å²) in [7, 11) is 0. The monoisotopic (exact) mass is 685 g/mol. The van der Waals surface area contributed by atoms with Crippen LogP contribution in [0.4, 0.5) is 4.79 Å². The number of nitrogens with zero attached hydrogens (tertiary/aromatic N) is 3. The van der Waals surface area contributed by atoms with Gasteiger partial charge in [-0.3, -0.25) is 19.2 Å². The van der Waals surface area contributed by atoms with Crippen LogP contribution in [-0.4, -0.2) is 85.0 Å². The van der Waals surface area contributed by atoms with Crippen molar-refractivity contribution in [3.8, 4) is 0 Å². The third kappa shape index (κ3) is 15.3. The predicted octanol–water partition coefficient (Wildman–Crippen LogP) is 3.22. The van der Waals surface area contributed by atoms with Gasteiger partial charge in [-0.15, -0.1) is 0 Å². The Hall–Kier alpha value is -3.97. The topological polar surface area (TPSA) is 206 Å². The molecule has 2 aliphatic heterocycles. The summed E-state index contributed by atoms with van der Waals surface area (Å²) in [5.41, 5.74) is 9.18. The molecular formula is C33H51N9O5S. The summed E-state index contributed by atoms with van der Waals surface area (Å²) in [5, 5.41) is 21.1. The van der Waals surface area contributed by atoms with Crippen LogP contribution >= 0.6 is 11.8 Å². The normalized spacial score (nSPS) is 18.4. The van der Waals surface area contributed by atoms with Crippen LogP contribution < -0.4 is 31.9 Å². The van der Waals surface area contributed by atoms with E-state index in [2.05, 4.69) is 41.9 Å². The molecule has 1 aromatic carbocycles. The van der Waals surface area contributed by atoms with E-state index in [1.165, 1.54) is 0 Å². The maximum atomic E-state index is 13.0. The molecule has 3 rings (SSSR count). The minimum absolute atomic E-state index is 0.0304. The van der Waals surface area contributed by atoms with Crippen molar-refractivity contribution in [2.75, 3.05) is 31.9 Å². The van der Waals surface area contributed by atoms with Gasteiger partial charge in [0, 0.05) is 54.8 Å². The number of rotatable bonds is 24. The Balaban J connectivity index is 1.25. The Labute approximate surface area is 287 Å². The molecule has 4 atom stereocenters. The molecule has 0 radical (unpaired) electrons. The summed E-state index contributed by atoms with van der Waals surface area (Å²) < 4.78 is 0. The summed E-state index contributed by atoms with van der Waals surface area (Å²) >= 11 is 1.88. The van der Waals surface area contributed by atoms with Crippen LogP contribution in [0.1, 0.15) is 82.6 Å². The summed E-state index contributed by atoms with van der Waals surface area (Å²) in [4.78, 5) is 64.4. The number of hydrogen-bond donors (Lipinski definition) is 6. The van der Waals surface area contributed by atoms with E-state index in [1.54, 1.807) is 0 Å². The van der Waals surface area contributed by atoms with Crippen LogP contribution in [0.2, 0.25) is 0 Å². The molecule has 264 valence electrons. The van der Waals surface area contributed by atoms with Crippen LogP contribution in [0.3, 0.4) is 0 Å². The third-order valence-corrected chi connectivity index (χ3v) is 9.92. The second-order valence-electron chi connectivity index (χ2n) is 12.3. The molecule has 48 heavy (non-hydrogen) atoms. The lowest BCUT2D eigenvalue weighted by molar-refractivity contribution is -0.130. The van der Waals surface area contributed by atoms with Gasteiger partial charge in [-0.05, 0) is 49.6 Å². The second kappa shape index (κ2) is 22.6. The molecule has 2 heterocycles. The molecule has 0 aliphatic carbocycles. The molecule has 0 spiro atoms. The van der Waals surface area contributed by atoms with Crippen molar-refractivity contribution in [1.82, 2.24) is 31.9 Å². The summed E-state index contributed by atoms with van der Waals surface area (Å²) in [6.07, 6.45) is 9.33. The molecular weight excluding hydrogens is 634 g/mol. The van der Waals surface area contributed by atoms with Crippen molar-refractivity contribution >= 4 is 41.4 Å². The van der Waals surface area contributed by atoms with Gasteiger partial charge in [0.05, 0.1) is 18.6 Å². The van der Waals surface area contributed by atoms with Crippen molar-refractivity contribution in [3.05, 3.63) is 46.3 Å². The molecule has 1 aromatic rings. The first-order chi connectivity index (χ1) is 23.4. The highest BCUT2D eigenvalue weighted by molar-refractivity contribution is 8.00. The van der Waals surface area contributed by atoms with Gasteiger partial charge in [-0.25, -0.2) is 4.79 Å². The molecule has 6 amide bonds. The van der Waals surface area contributed by atoms with Gasteiger partial charge in [0.2, 0.25) is 23.6 Å². The average Bonchev–Trinajstić information content (AvgIpc) is 3.63. The lowest BCUT2D eigenvalue weighted by atomic mass is 10.0. The highest BCUT2D eigenvalue weighted by Gasteiger charge is 2.42.